The normalized spacial score (nSPS) is 11.2. The van der Waals surface area contributed by atoms with Crippen molar-refractivity contribution in [2.45, 2.75) is 30.6 Å². The summed E-state index contributed by atoms with van der Waals surface area (Å²) >= 11 is 1.50. The van der Waals surface area contributed by atoms with Gasteiger partial charge in [-0.15, -0.1) is 11.8 Å². The number of benzene rings is 3. The zero-order chi connectivity index (χ0) is 27.7. The molecule has 8 nitrogen and oxygen atoms in total. The fourth-order valence-corrected chi connectivity index (χ4v) is 5.46. The van der Waals surface area contributed by atoms with Gasteiger partial charge in [0.2, 0.25) is 5.91 Å². The molecule has 202 valence electrons. The smallest absolute Gasteiger partial charge is 0.264 e. The average Bonchev–Trinajstić information content (AvgIpc) is 2.91. The molecular weight excluding hydrogens is 522 g/mol. The molecule has 0 atom stereocenters. The Bertz CT molecular complexity index is 1360. The molecule has 0 bridgehead atoms. The molecule has 3 rings (SSSR count). The summed E-state index contributed by atoms with van der Waals surface area (Å²) in [4.78, 5) is 27.0. The van der Waals surface area contributed by atoms with E-state index in [0.717, 1.165) is 9.20 Å². The summed E-state index contributed by atoms with van der Waals surface area (Å²) in [6.07, 6.45) is 1.90. The first-order valence-electron chi connectivity index (χ1n) is 12.2. The molecule has 0 saturated heterocycles. The van der Waals surface area contributed by atoms with Crippen LogP contribution in [-0.4, -0.2) is 46.2 Å². The van der Waals surface area contributed by atoms with E-state index in [1.165, 1.54) is 23.9 Å². The molecule has 3 aromatic carbocycles. The number of thioether (sulfide) groups is 1. The van der Waals surface area contributed by atoms with Crippen LogP contribution in [0.15, 0.2) is 82.6 Å². The Kier molecular flexibility index (Phi) is 10.2. The van der Waals surface area contributed by atoms with E-state index in [1.54, 1.807) is 67.6 Å². The number of hydrogen-bond donors (Lipinski definition) is 2. The summed E-state index contributed by atoms with van der Waals surface area (Å²) in [5.74, 6) is -0.338. The predicted molar refractivity (Wildman–Crippen MR) is 153 cm³/mol. The van der Waals surface area contributed by atoms with Gasteiger partial charge >= 0.3 is 0 Å². The molecule has 0 aliphatic heterocycles. The van der Waals surface area contributed by atoms with Gasteiger partial charge in [-0.1, -0.05) is 38.1 Å². The first-order valence-corrected chi connectivity index (χ1v) is 14.9. The van der Waals surface area contributed by atoms with Gasteiger partial charge in [0.25, 0.3) is 15.9 Å². The third-order valence-corrected chi connectivity index (χ3v) is 8.00. The third-order valence-electron chi connectivity index (χ3n) is 5.49. The van der Waals surface area contributed by atoms with Crippen LogP contribution in [0, 0.1) is 5.92 Å². The maximum absolute atomic E-state index is 13.8. The quantitative estimate of drug-likeness (QED) is 0.304. The lowest BCUT2D eigenvalue weighted by atomic mass is 10.1. The van der Waals surface area contributed by atoms with Gasteiger partial charge in [-0.25, -0.2) is 8.42 Å². The van der Waals surface area contributed by atoms with E-state index in [1.807, 2.05) is 20.1 Å². The van der Waals surface area contributed by atoms with Gasteiger partial charge in [0.05, 0.1) is 28.4 Å². The Morgan fingerprint density at radius 2 is 1.63 bits per heavy atom. The largest absolute Gasteiger partial charge is 0.492 e. The zero-order valence-electron chi connectivity index (χ0n) is 21.9. The minimum Gasteiger partial charge on any atom is -0.492 e. The molecule has 0 spiro atoms. The van der Waals surface area contributed by atoms with Gasteiger partial charge in [0.15, 0.2) is 0 Å². The number of rotatable bonds is 12. The molecule has 0 unspecified atom stereocenters. The number of sulfonamides is 1. The van der Waals surface area contributed by atoms with Gasteiger partial charge < -0.3 is 15.4 Å². The van der Waals surface area contributed by atoms with E-state index in [4.69, 9.17) is 4.74 Å². The lowest BCUT2D eigenvalue weighted by Crippen LogP contribution is -2.38. The number of hydrogen-bond acceptors (Lipinski definition) is 6. The van der Waals surface area contributed by atoms with Gasteiger partial charge in [0.1, 0.15) is 12.3 Å². The number of nitrogens with one attached hydrogen (secondary N) is 2. The van der Waals surface area contributed by atoms with Crippen molar-refractivity contribution in [1.82, 2.24) is 5.32 Å². The lowest BCUT2D eigenvalue weighted by molar-refractivity contribution is -0.114. The Labute approximate surface area is 228 Å². The van der Waals surface area contributed by atoms with Crippen molar-refractivity contribution in [2.24, 2.45) is 5.92 Å². The van der Waals surface area contributed by atoms with E-state index in [0.29, 0.717) is 30.2 Å². The van der Waals surface area contributed by atoms with Crippen molar-refractivity contribution in [2.75, 3.05) is 35.6 Å². The van der Waals surface area contributed by atoms with Crippen molar-refractivity contribution >= 4 is 45.0 Å². The molecule has 3 aromatic rings. The fraction of sp³-hybridized carbons (Fsp3) is 0.286. The highest BCUT2D eigenvalue weighted by Gasteiger charge is 2.30. The average molecular weight is 556 g/mol. The van der Waals surface area contributed by atoms with Crippen molar-refractivity contribution in [3.8, 4) is 5.75 Å². The Morgan fingerprint density at radius 1 is 0.974 bits per heavy atom. The topological polar surface area (TPSA) is 105 Å². The molecule has 0 aliphatic rings. The van der Waals surface area contributed by atoms with Crippen LogP contribution in [0.4, 0.5) is 11.4 Å². The molecule has 2 N–H and O–H groups in total. The molecule has 10 heteroatoms. The van der Waals surface area contributed by atoms with Crippen LogP contribution in [0.5, 0.6) is 5.75 Å². The standard InChI is InChI=1S/C28H33N3O5S2/c1-5-36-26-13-9-8-12-25(26)31(38(34,35)22-16-14-21(37-4)15-17-22)19-27(32)30-24-11-7-6-10-23(24)28(33)29-18-20(2)3/h6-17,20H,5,18-19H2,1-4H3,(H,29,33)(H,30,32). The highest BCUT2D eigenvalue weighted by atomic mass is 32.2. The summed E-state index contributed by atoms with van der Waals surface area (Å²) in [7, 11) is -4.15. The van der Waals surface area contributed by atoms with Crippen LogP contribution in [0.25, 0.3) is 0 Å². The summed E-state index contributed by atoms with van der Waals surface area (Å²) < 4.78 is 34.4. The van der Waals surface area contributed by atoms with Crippen LogP contribution >= 0.6 is 11.8 Å². The van der Waals surface area contributed by atoms with Crippen LogP contribution in [-0.2, 0) is 14.8 Å². The van der Waals surface area contributed by atoms with E-state index in [-0.39, 0.29) is 22.4 Å². The second-order valence-corrected chi connectivity index (χ2v) is 11.5. The number of para-hydroxylation sites is 3. The molecule has 38 heavy (non-hydrogen) atoms. The van der Waals surface area contributed by atoms with Crippen LogP contribution in [0.3, 0.4) is 0 Å². The van der Waals surface area contributed by atoms with Crippen molar-refractivity contribution in [3.05, 3.63) is 78.4 Å². The van der Waals surface area contributed by atoms with Crippen LogP contribution in [0.2, 0.25) is 0 Å². The molecule has 0 aliphatic carbocycles. The monoisotopic (exact) mass is 555 g/mol. The minimum absolute atomic E-state index is 0.0443. The summed E-state index contributed by atoms with van der Waals surface area (Å²) in [6, 6.07) is 19.8. The molecule has 0 radical (unpaired) electrons. The van der Waals surface area contributed by atoms with E-state index in [9.17, 15) is 18.0 Å². The van der Waals surface area contributed by atoms with Gasteiger partial charge in [-0.2, -0.15) is 0 Å². The number of ether oxygens (including phenoxy) is 1. The first-order chi connectivity index (χ1) is 18.2. The second-order valence-electron chi connectivity index (χ2n) is 8.79. The summed E-state index contributed by atoms with van der Waals surface area (Å²) in [6.45, 7) is 6.04. The molecule has 0 saturated carbocycles. The Balaban J connectivity index is 1.96. The highest BCUT2D eigenvalue weighted by molar-refractivity contribution is 7.98. The SMILES string of the molecule is CCOc1ccccc1N(CC(=O)Nc1ccccc1C(=O)NCC(C)C)S(=O)(=O)c1ccc(SC)cc1. The summed E-state index contributed by atoms with van der Waals surface area (Å²) in [5, 5.41) is 5.56. The number of nitrogens with zero attached hydrogens (tertiary/aromatic N) is 1. The molecule has 0 heterocycles. The molecule has 2 amide bonds. The first kappa shape index (κ1) is 29.1. The van der Waals surface area contributed by atoms with Gasteiger partial charge in [-0.3, -0.25) is 13.9 Å². The minimum atomic E-state index is -4.15. The van der Waals surface area contributed by atoms with Crippen LogP contribution in [0.1, 0.15) is 31.1 Å². The maximum atomic E-state index is 13.8. The van der Waals surface area contributed by atoms with E-state index < -0.39 is 22.5 Å². The maximum Gasteiger partial charge on any atom is 0.264 e. The third kappa shape index (κ3) is 7.29. The second kappa shape index (κ2) is 13.3. The Morgan fingerprint density at radius 3 is 2.29 bits per heavy atom. The number of carbonyl (C=O) groups is 2. The molecular formula is C28H33N3O5S2. The molecule has 0 aromatic heterocycles. The highest BCUT2D eigenvalue weighted by Crippen LogP contribution is 2.33. The van der Waals surface area contributed by atoms with Crippen LogP contribution < -0.4 is 19.7 Å². The number of anilines is 2. The lowest BCUT2D eigenvalue weighted by Gasteiger charge is -2.26. The van der Waals surface area contributed by atoms with Crippen molar-refractivity contribution in [3.63, 3.8) is 0 Å². The van der Waals surface area contributed by atoms with E-state index >= 15 is 0 Å². The van der Waals surface area contributed by atoms with Gasteiger partial charge in [0, 0.05) is 11.4 Å². The fourth-order valence-electron chi connectivity index (χ4n) is 3.62. The number of amides is 2. The van der Waals surface area contributed by atoms with E-state index in [2.05, 4.69) is 10.6 Å². The molecule has 0 fully saturated rings. The predicted octanol–water partition coefficient (Wildman–Crippen LogP) is 5.03. The van der Waals surface area contributed by atoms with Crippen molar-refractivity contribution in [1.29, 1.82) is 0 Å². The number of carbonyl (C=O) groups excluding carboxylic acids is 2. The van der Waals surface area contributed by atoms with Crippen molar-refractivity contribution < 1.29 is 22.7 Å². The Hall–Kier alpha value is -3.50. The van der Waals surface area contributed by atoms with Gasteiger partial charge in [-0.05, 0) is 67.6 Å². The summed E-state index contributed by atoms with van der Waals surface area (Å²) in [5.41, 5.74) is 0.818. The zero-order valence-corrected chi connectivity index (χ0v) is 23.6.